The molecular formula is C13H19NO2. The lowest BCUT2D eigenvalue weighted by molar-refractivity contribution is 0.0214. The minimum atomic E-state index is -0.365. The largest absolute Gasteiger partial charge is 0.389 e. The van der Waals surface area contributed by atoms with Crippen molar-refractivity contribution in [1.29, 1.82) is 0 Å². The van der Waals surface area contributed by atoms with E-state index in [1.807, 2.05) is 18.2 Å². The van der Waals surface area contributed by atoms with Crippen molar-refractivity contribution in [3.8, 4) is 0 Å². The predicted octanol–water partition coefficient (Wildman–Crippen LogP) is 1.44. The van der Waals surface area contributed by atoms with E-state index in [-0.39, 0.29) is 12.2 Å². The number of methoxy groups -OCH3 is 1. The first kappa shape index (κ1) is 11.6. The van der Waals surface area contributed by atoms with Gasteiger partial charge in [-0.25, -0.2) is 0 Å². The first-order valence-electron chi connectivity index (χ1n) is 5.72. The fraction of sp³-hybridized carbons (Fsp3) is 0.538. The lowest BCUT2D eigenvalue weighted by Gasteiger charge is -2.24. The van der Waals surface area contributed by atoms with Crippen molar-refractivity contribution in [2.75, 3.05) is 20.2 Å². The molecule has 0 radical (unpaired) electrons. The highest BCUT2D eigenvalue weighted by Crippen LogP contribution is 2.25. The van der Waals surface area contributed by atoms with E-state index in [2.05, 4.69) is 24.0 Å². The maximum Gasteiger partial charge on any atom is 0.0969 e. The Bertz CT molecular complexity index is 328. The van der Waals surface area contributed by atoms with Crippen LogP contribution in [0.1, 0.15) is 18.5 Å². The minimum absolute atomic E-state index is 0.0498. The smallest absolute Gasteiger partial charge is 0.0969 e. The highest BCUT2D eigenvalue weighted by Gasteiger charge is 2.33. The lowest BCUT2D eigenvalue weighted by atomic mass is 10.1. The van der Waals surface area contributed by atoms with Gasteiger partial charge in [0.1, 0.15) is 0 Å². The predicted molar refractivity (Wildman–Crippen MR) is 63.2 cm³/mol. The molecule has 1 fully saturated rings. The quantitative estimate of drug-likeness (QED) is 0.838. The number of nitrogens with zero attached hydrogens (tertiary/aromatic N) is 1. The lowest BCUT2D eigenvalue weighted by Crippen LogP contribution is -2.26. The molecule has 1 aliphatic heterocycles. The molecule has 0 amide bonds. The summed E-state index contributed by atoms with van der Waals surface area (Å²) in [4.78, 5) is 2.26. The summed E-state index contributed by atoms with van der Waals surface area (Å²) in [5.41, 5.74) is 1.28. The van der Waals surface area contributed by atoms with Gasteiger partial charge in [-0.1, -0.05) is 30.3 Å². The van der Waals surface area contributed by atoms with E-state index in [0.29, 0.717) is 12.6 Å². The standard InChI is InChI=1S/C13H19NO2/c1-10(11-6-4-3-5-7-11)14-8-12(15)13(9-14)16-2/h3-7,10,12-13,15H,8-9H2,1-2H3/t10-,12+,13+/m1/s1. The zero-order valence-electron chi connectivity index (χ0n) is 9.84. The normalized spacial score (nSPS) is 28.2. The molecule has 1 N–H and O–H groups in total. The first-order chi connectivity index (χ1) is 7.72. The van der Waals surface area contributed by atoms with Crippen LogP contribution in [0.25, 0.3) is 0 Å². The minimum Gasteiger partial charge on any atom is -0.389 e. The van der Waals surface area contributed by atoms with Gasteiger partial charge in [0, 0.05) is 26.2 Å². The Labute approximate surface area is 96.6 Å². The highest BCUT2D eigenvalue weighted by molar-refractivity contribution is 5.18. The maximum absolute atomic E-state index is 9.79. The van der Waals surface area contributed by atoms with Crippen molar-refractivity contribution in [2.45, 2.75) is 25.2 Å². The molecule has 3 nitrogen and oxygen atoms in total. The van der Waals surface area contributed by atoms with Gasteiger partial charge in [-0.2, -0.15) is 0 Å². The highest BCUT2D eigenvalue weighted by atomic mass is 16.5. The molecular weight excluding hydrogens is 202 g/mol. The van der Waals surface area contributed by atoms with E-state index in [0.717, 1.165) is 6.54 Å². The van der Waals surface area contributed by atoms with Crippen molar-refractivity contribution < 1.29 is 9.84 Å². The molecule has 0 saturated carbocycles. The number of aliphatic hydroxyl groups is 1. The van der Waals surface area contributed by atoms with Gasteiger partial charge in [0.25, 0.3) is 0 Å². The van der Waals surface area contributed by atoms with Gasteiger partial charge >= 0.3 is 0 Å². The van der Waals surface area contributed by atoms with Crippen molar-refractivity contribution in [3.63, 3.8) is 0 Å². The van der Waals surface area contributed by atoms with Crippen molar-refractivity contribution in [1.82, 2.24) is 4.90 Å². The number of likely N-dealkylation sites (tertiary alicyclic amines) is 1. The van der Waals surface area contributed by atoms with E-state index in [9.17, 15) is 5.11 Å². The van der Waals surface area contributed by atoms with Crippen LogP contribution in [0.3, 0.4) is 0 Å². The van der Waals surface area contributed by atoms with Gasteiger partial charge in [-0.15, -0.1) is 0 Å². The zero-order valence-corrected chi connectivity index (χ0v) is 9.84. The molecule has 1 aromatic carbocycles. The van der Waals surface area contributed by atoms with E-state index in [4.69, 9.17) is 4.74 Å². The molecule has 88 valence electrons. The summed E-state index contributed by atoms with van der Waals surface area (Å²) in [5, 5.41) is 9.79. The molecule has 0 aliphatic carbocycles. The number of hydrogen-bond acceptors (Lipinski definition) is 3. The van der Waals surface area contributed by atoms with Crippen LogP contribution in [0, 0.1) is 0 Å². The zero-order chi connectivity index (χ0) is 11.5. The number of hydrogen-bond donors (Lipinski definition) is 1. The van der Waals surface area contributed by atoms with Gasteiger partial charge in [0.15, 0.2) is 0 Å². The van der Waals surface area contributed by atoms with Gasteiger partial charge in [0.05, 0.1) is 12.2 Å². The monoisotopic (exact) mass is 221 g/mol. The van der Waals surface area contributed by atoms with Gasteiger partial charge in [-0.3, -0.25) is 4.90 Å². The summed E-state index contributed by atoms with van der Waals surface area (Å²) in [6.07, 6.45) is -0.415. The molecule has 2 rings (SSSR count). The molecule has 1 heterocycles. The van der Waals surface area contributed by atoms with Crippen LogP contribution in [0.15, 0.2) is 30.3 Å². The van der Waals surface area contributed by atoms with Crippen LogP contribution >= 0.6 is 0 Å². The van der Waals surface area contributed by atoms with Crippen LogP contribution in [0.2, 0.25) is 0 Å². The summed E-state index contributed by atoms with van der Waals surface area (Å²) in [6, 6.07) is 10.7. The van der Waals surface area contributed by atoms with Gasteiger partial charge < -0.3 is 9.84 Å². The number of benzene rings is 1. The van der Waals surface area contributed by atoms with Gasteiger partial charge in [0.2, 0.25) is 0 Å². The number of rotatable bonds is 3. The third-order valence-corrected chi connectivity index (χ3v) is 3.40. The third kappa shape index (κ3) is 2.26. The second-order valence-corrected chi connectivity index (χ2v) is 4.38. The molecule has 0 spiro atoms. The second kappa shape index (κ2) is 4.95. The molecule has 1 saturated heterocycles. The summed E-state index contributed by atoms with van der Waals surface area (Å²) >= 11 is 0. The van der Waals surface area contributed by atoms with Crippen LogP contribution in [-0.2, 0) is 4.74 Å². The van der Waals surface area contributed by atoms with E-state index >= 15 is 0 Å². The Morgan fingerprint density at radius 3 is 2.56 bits per heavy atom. The number of β-amino-alcohol motifs (C(OH)–C–C–N with tert-alkyl or cyclic N) is 1. The summed E-state index contributed by atoms with van der Waals surface area (Å²) in [5.74, 6) is 0. The average molecular weight is 221 g/mol. The second-order valence-electron chi connectivity index (χ2n) is 4.38. The molecule has 1 aromatic rings. The Morgan fingerprint density at radius 2 is 2.00 bits per heavy atom. The maximum atomic E-state index is 9.79. The molecule has 1 aliphatic rings. The van der Waals surface area contributed by atoms with E-state index in [1.54, 1.807) is 7.11 Å². The third-order valence-electron chi connectivity index (χ3n) is 3.40. The molecule has 3 atom stereocenters. The Kier molecular flexibility index (Phi) is 3.59. The SMILES string of the molecule is CO[C@H]1CN([C@H](C)c2ccccc2)C[C@@H]1O. The number of aliphatic hydroxyl groups excluding tert-OH is 1. The summed E-state index contributed by atoms with van der Waals surface area (Å²) < 4.78 is 5.25. The average Bonchev–Trinajstić information content (AvgIpc) is 2.71. The van der Waals surface area contributed by atoms with Crippen molar-refractivity contribution in [2.24, 2.45) is 0 Å². The van der Waals surface area contributed by atoms with Crippen LogP contribution < -0.4 is 0 Å². The van der Waals surface area contributed by atoms with Crippen LogP contribution in [-0.4, -0.2) is 42.4 Å². The fourth-order valence-corrected chi connectivity index (χ4v) is 2.28. The van der Waals surface area contributed by atoms with Crippen LogP contribution in [0.4, 0.5) is 0 Å². The van der Waals surface area contributed by atoms with E-state index in [1.165, 1.54) is 5.56 Å². The van der Waals surface area contributed by atoms with Crippen LogP contribution in [0.5, 0.6) is 0 Å². The van der Waals surface area contributed by atoms with Crippen molar-refractivity contribution >= 4 is 0 Å². The summed E-state index contributed by atoms with van der Waals surface area (Å²) in [7, 11) is 1.66. The Morgan fingerprint density at radius 1 is 1.31 bits per heavy atom. The molecule has 16 heavy (non-hydrogen) atoms. The Balaban J connectivity index is 2.04. The summed E-state index contributed by atoms with van der Waals surface area (Å²) in [6.45, 7) is 3.66. The topological polar surface area (TPSA) is 32.7 Å². The van der Waals surface area contributed by atoms with E-state index < -0.39 is 0 Å². The molecule has 0 unspecified atom stereocenters. The Hall–Kier alpha value is -0.900. The molecule has 3 heteroatoms. The number of ether oxygens (including phenoxy) is 1. The fourth-order valence-electron chi connectivity index (χ4n) is 2.28. The van der Waals surface area contributed by atoms with Gasteiger partial charge in [-0.05, 0) is 12.5 Å². The molecule has 0 bridgehead atoms. The molecule has 0 aromatic heterocycles. The van der Waals surface area contributed by atoms with Crippen molar-refractivity contribution in [3.05, 3.63) is 35.9 Å². The first-order valence-corrected chi connectivity index (χ1v) is 5.72.